The molecule has 0 radical (unpaired) electrons. The first-order valence-electron chi connectivity index (χ1n) is 14.4. The van der Waals surface area contributed by atoms with Gasteiger partial charge in [-0.2, -0.15) is 0 Å². The Morgan fingerprint density at radius 3 is 1.95 bits per heavy atom. The largest absolute Gasteiger partial charge is 1.00 e. The number of ether oxygens (including phenoxy) is 1. The van der Waals surface area contributed by atoms with E-state index >= 15 is 0 Å². The third-order valence-electron chi connectivity index (χ3n) is 9.93. The van der Waals surface area contributed by atoms with Gasteiger partial charge < -0.3 is 31.3 Å². The molecule has 2 aliphatic carbocycles. The maximum absolute atomic E-state index is 13.8. The highest BCUT2D eigenvalue weighted by Gasteiger charge is 2.59. The molecule has 6 rings (SSSR count). The number of aliphatic hydroxyl groups is 1. The van der Waals surface area contributed by atoms with Crippen molar-refractivity contribution in [3.63, 3.8) is 0 Å². The normalized spacial score (nSPS) is 29.9. The van der Waals surface area contributed by atoms with Gasteiger partial charge in [-0.1, -0.05) is 91.0 Å². The average Bonchev–Trinajstić information content (AvgIpc) is 3.54. The zero-order valence-electron chi connectivity index (χ0n) is 22.8. The molecule has 1 saturated heterocycles. The number of hydrogen-bond donors (Lipinski definition) is 1. The summed E-state index contributed by atoms with van der Waals surface area (Å²) in [6.45, 7) is 2.40. The summed E-state index contributed by atoms with van der Waals surface area (Å²) in [4.78, 5) is 13.8. The van der Waals surface area contributed by atoms with Crippen LogP contribution in [0.5, 0.6) is 0 Å². The van der Waals surface area contributed by atoms with Gasteiger partial charge in [-0.25, -0.2) is 4.79 Å². The summed E-state index contributed by atoms with van der Waals surface area (Å²) in [7, 11) is 2.45. The monoisotopic (exact) mass is 589 g/mol. The van der Waals surface area contributed by atoms with Crippen LogP contribution in [0.2, 0.25) is 0 Å². The van der Waals surface area contributed by atoms with Gasteiger partial charge in [0.15, 0.2) is 0 Å². The fourth-order valence-electron chi connectivity index (χ4n) is 7.99. The zero-order valence-corrected chi connectivity index (χ0v) is 24.4. The third-order valence-corrected chi connectivity index (χ3v) is 9.93. The lowest BCUT2D eigenvalue weighted by molar-refractivity contribution is -0.943. The second-order valence-electron chi connectivity index (χ2n) is 12.2. The van der Waals surface area contributed by atoms with Crippen molar-refractivity contribution in [3.8, 4) is 0 Å². The molecule has 3 fully saturated rings. The molecular formula is C34H40BrNO3. The van der Waals surface area contributed by atoms with Gasteiger partial charge in [0.25, 0.3) is 0 Å². The second kappa shape index (κ2) is 11.6. The van der Waals surface area contributed by atoms with Gasteiger partial charge in [-0.05, 0) is 61.1 Å². The van der Waals surface area contributed by atoms with Gasteiger partial charge in [-0.3, -0.25) is 0 Å². The number of esters is 1. The lowest BCUT2D eigenvalue weighted by Gasteiger charge is -2.47. The molecule has 3 aromatic carbocycles. The van der Waals surface area contributed by atoms with Crippen molar-refractivity contribution in [3.05, 3.63) is 108 Å². The van der Waals surface area contributed by atoms with E-state index in [2.05, 4.69) is 37.4 Å². The summed E-state index contributed by atoms with van der Waals surface area (Å²) in [6.07, 6.45) is 6.83. The molecule has 0 spiro atoms. The molecule has 4 nitrogen and oxygen atoms in total. The number of benzene rings is 3. The lowest BCUT2D eigenvalue weighted by Crippen LogP contribution is -3.00. The first kappa shape index (κ1) is 28.1. The maximum Gasteiger partial charge on any atom is 0.347 e. The predicted octanol–water partition coefficient (Wildman–Crippen LogP) is 2.74. The Kier molecular flexibility index (Phi) is 8.32. The predicted molar refractivity (Wildman–Crippen MR) is 149 cm³/mol. The Balaban J connectivity index is 0.00000308. The Bertz CT molecular complexity index is 1190. The van der Waals surface area contributed by atoms with E-state index in [0.717, 1.165) is 23.2 Å². The van der Waals surface area contributed by atoms with Gasteiger partial charge in [0.05, 0.1) is 26.2 Å². The van der Waals surface area contributed by atoms with Crippen molar-refractivity contribution in [2.24, 2.45) is 17.8 Å². The Morgan fingerprint density at radius 1 is 0.846 bits per heavy atom. The standard InChI is InChI=1S/C34H40NO3.BrH/c1-35(21-19-26(20-22-35)23-25-11-5-2-6-12-25)32-27-17-18-30(32)31(24-27)38-33(36)34(37,28-13-7-3-8-14-28)29-15-9-4-10-16-29;/h2-16,26-27,30-32,37H,17-24H2,1H3;1H/q+1;/p-1. The van der Waals surface area contributed by atoms with Gasteiger partial charge in [0.2, 0.25) is 5.60 Å². The highest BCUT2D eigenvalue weighted by molar-refractivity contribution is 5.85. The number of fused-ring (bicyclic) bond motifs is 2. The van der Waals surface area contributed by atoms with E-state index in [1.807, 2.05) is 60.7 Å². The van der Waals surface area contributed by atoms with E-state index in [9.17, 15) is 9.90 Å². The number of likely N-dealkylation sites (tertiary alicyclic amines) is 1. The van der Waals surface area contributed by atoms with E-state index in [-0.39, 0.29) is 23.1 Å². The van der Waals surface area contributed by atoms with Crippen LogP contribution in [0.1, 0.15) is 48.8 Å². The molecule has 4 unspecified atom stereocenters. The summed E-state index contributed by atoms with van der Waals surface area (Å²) >= 11 is 0. The minimum atomic E-state index is -1.81. The van der Waals surface area contributed by atoms with Crippen molar-refractivity contribution < 1.29 is 36.1 Å². The Morgan fingerprint density at radius 2 is 1.38 bits per heavy atom. The molecular weight excluding hydrogens is 550 g/mol. The molecule has 4 atom stereocenters. The molecule has 3 aromatic rings. The van der Waals surface area contributed by atoms with E-state index < -0.39 is 11.6 Å². The summed E-state index contributed by atoms with van der Waals surface area (Å²) in [5, 5.41) is 11.9. The topological polar surface area (TPSA) is 46.5 Å². The van der Waals surface area contributed by atoms with Crippen LogP contribution >= 0.6 is 0 Å². The number of nitrogens with zero attached hydrogens (tertiary/aromatic N) is 1. The van der Waals surface area contributed by atoms with Crippen molar-refractivity contribution in [1.29, 1.82) is 0 Å². The van der Waals surface area contributed by atoms with Gasteiger partial charge in [0, 0.05) is 11.8 Å². The quantitative estimate of drug-likeness (QED) is 0.340. The molecule has 0 amide bonds. The Hall–Kier alpha value is -2.47. The average molecular weight is 591 g/mol. The fraction of sp³-hybridized carbons (Fsp3) is 0.441. The summed E-state index contributed by atoms with van der Waals surface area (Å²) < 4.78 is 7.39. The molecule has 1 N–H and O–H groups in total. The van der Waals surface area contributed by atoms with Gasteiger partial charge in [0.1, 0.15) is 6.10 Å². The number of quaternary nitrogens is 1. The van der Waals surface area contributed by atoms with Crippen molar-refractivity contribution in [2.75, 3.05) is 20.1 Å². The molecule has 3 aliphatic rings. The number of piperidine rings is 1. The number of rotatable bonds is 7. The van der Waals surface area contributed by atoms with Crippen LogP contribution in [0.4, 0.5) is 0 Å². The van der Waals surface area contributed by atoms with Crippen molar-refractivity contribution in [1.82, 2.24) is 0 Å². The van der Waals surface area contributed by atoms with E-state index in [4.69, 9.17) is 4.74 Å². The first-order valence-corrected chi connectivity index (χ1v) is 14.4. The van der Waals surface area contributed by atoms with E-state index in [1.165, 1.54) is 44.3 Å². The van der Waals surface area contributed by atoms with Crippen LogP contribution < -0.4 is 17.0 Å². The summed E-state index contributed by atoms with van der Waals surface area (Å²) in [5.41, 5.74) is 0.741. The third kappa shape index (κ3) is 5.33. The molecule has 2 saturated carbocycles. The molecule has 2 bridgehead atoms. The fourth-order valence-corrected chi connectivity index (χ4v) is 7.99. The number of halogens is 1. The molecule has 5 heteroatoms. The van der Waals surface area contributed by atoms with E-state index in [0.29, 0.717) is 29.0 Å². The van der Waals surface area contributed by atoms with Gasteiger partial charge in [-0.15, -0.1) is 0 Å². The van der Waals surface area contributed by atoms with Crippen LogP contribution in [0.25, 0.3) is 0 Å². The molecule has 0 aromatic heterocycles. The van der Waals surface area contributed by atoms with Crippen LogP contribution in [-0.4, -0.2) is 47.8 Å². The van der Waals surface area contributed by atoms with Gasteiger partial charge >= 0.3 is 5.97 Å². The molecule has 1 heterocycles. The minimum absolute atomic E-state index is 0. The van der Waals surface area contributed by atoms with Crippen LogP contribution in [0.3, 0.4) is 0 Å². The van der Waals surface area contributed by atoms with E-state index in [1.54, 1.807) is 0 Å². The first-order chi connectivity index (χ1) is 18.5. The number of carbonyl (C=O) groups excluding carboxylic acids is 1. The highest BCUT2D eigenvalue weighted by Crippen LogP contribution is 2.52. The SMILES string of the molecule is C[N+]1(C2C3CCC2C(OC(=O)C(O)(c2ccccc2)c2ccccc2)C3)CCC(Cc2ccccc2)CC1.[Br-]. The molecule has 206 valence electrons. The zero-order chi connectivity index (χ0) is 26.2. The minimum Gasteiger partial charge on any atom is -1.00 e. The van der Waals surface area contributed by atoms with Crippen LogP contribution in [0, 0.1) is 17.8 Å². The van der Waals surface area contributed by atoms with Crippen molar-refractivity contribution in [2.45, 2.75) is 56.3 Å². The highest BCUT2D eigenvalue weighted by atomic mass is 79.9. The maximum atomic E-state index is 13.8. The molecule has 39 heavy (non-hydrogen) atoms. The Labute approximate surface area is 243 Å². The number of hydrogen-bond acceptors (Lipinski definition) is 3. The number of carbonyl (C=O) groups is 1. The van der Waals surface area contributed by atoms with Crippen LogP contribution in [0.15, 0.2) is 91.0 Å². The summed E-state index contributed by atoms with van der Waals surface area (Å²) in [6, 6.07) is 29.9. The second-order valence-corrected chi connectivity index (χ2v) is 12.2. The van der Waals surface area contributed by atoms with Crippen molar-refractivity contribution >= 4 is 5.97 Å². The smallest absolute Gasteiger partial charge is 0.347 e. The van der Waals surface area contributed by atoms with Crippen LogP contribution in [-0.2, 0) is 21.6 Å². The summed E-state index contributed by atoms with van der Waals surface area (Å²) in [5.74, 6) is 1.17. The molecule has 1 aliphatic heterocycles. The lowest BCUT2D eigenvalue weighted by atomic mass is 9.86.